The Morgan fingerprint density at radius 3 is 2.71 bits per heavy atom. The zero-order chi connectivity index (χ0) is 10.3. The van der Waals surface area contributed by atoms with Crippen molar-refractivity contribution in [1.29, 1.82) is 0 Å². The van der Waals surface area contributed by atoms with Gasteiger partial charge in [0, 0.05) is 19.0 Å². The molecule has 0 aromatic carbocycles. The molecular formula is C11H20FNO. The second kappa shape index (κ2) is 3.46. The predicted octanol–water partition coefficient (Wildman–Crippen LogP) is 1.84. The fourth-order valence-corrected chi connectivity index (χ4v) is 2.66. The van der Waals surface area contributed by atoms with E-state index in [1.54, 1.807) is 0 Å². The molecule has 0 N–H and O–H groups in total. The lowest BCUT2D eigenvalue weighted by molar-refractivity contribution is -0.0830. The highest BCUT2D eigenvalue weighted by molar-refractivity contribution is 5.11. The van der Waals surface area contributed by atoms with E-state index < -0.39 is 6.17 Å². The first-order valence-electron chi connectivity index (χ1n) is 5.57. The molecule has 0 bridgehead atoms. The van der Waals surface area contributed by atoms with Crippen LogP contribution in [0.5, 0.6) is 0 Å². The van der Waals surface area contributed by atoms with E-state index in [0.29, 0.717) is 13.2 Å². The third kappa shape index (κ3) is 1.38. The highest BCUT2D eigenvalue weighted by Crippen LogP contribution is 2.46. The summed E-state index contributed by atoms with van der Waals surface area (Å²) < 4.78 is 19.2. The summed E-state index contributed by atoms with van der Waals surface area (Å²) in [6, 6.07) is 0. The quantitative estimate of drug-likeness (QED) is 0.691. The smallest absolute Gasteiger partial charge is 0.117 e. The molecule has 14 heavy (non-hydrogen) atoms. The molecule has 0 radical (unpaired) electrons. The average molecular weight is 201 g/mol. The van der Waals surface area contributed by atoms with E-state index in [9.17, 15) is 4.39 Å². The van der Waals surface area contributed by atoms with Gasteiger partial charge in [-0.2, -0.15) is 0 Å². The lowest BCUT2D eigenvalue weighted by Crippen LogP contribution is -2.61. The van der Waals surface area contributed by atoms with E-state index >= 15 is 0 Å². The normalized spacial score (nSPS) is 42.6. The molecule has 0 aromatic heterocycles. The summed E-state index contributed by atoms with van der Waals surface area (Å²) in [5.41, 5.74) is 0.0314. The van der Waals surface area contributed by atoms with Crippen LogP contribution in [-0.4, -0.2) is 42.4 Å². The van der Waals surface area contributed by atoms with Crippen molar-refractivity contribution in [2.75, 3.05) is 19.7 Å². The molecule has 2 rings (SSSR count). The molecule has 3 heteroatoms. The Morgan fingerprint density at radius 1 is 1.57 bits per heavy atom. The molecule has 2 heterocycles. The van der Waals surface area contributed by atoms with Crippen molar-refractivity contribution in [1.82, 2.24) is 4.90 Å². The second-order valence-electron chi connectivity index (χ2n) is 4.96. The van der Waals surface area contributed by atoms with Crippen LogP contribution in [0, 0.1) is 5.92 Å². The molecule has 2 aliphatic heterocycles. The topological polar surface area (TPSA) is 12.5 Å². The van der Waals surface area contributed by atoms with Gasteiger partial charge in [-0.25, -0.2) is 4.39 Å². The minimum atomic E-state index is -0.659. The fourth-order valence-electron chi connectivity index (χ4n) is 2.66. The first kappa shape index (κ1) is 10.4. The number of ether oxygens (including phenoxy) is 1. The first-order chi connectivity index (χ1) is 6.56. The number of fused-ring (bicyclic) bond motifs is 1. The predicted molar refractivity (Wildman–Crippen MR) is 54.1 cm³/mol. The highest BCUT2D eigenvalue weighted by atomic mass is 19.1. The van der Waals surface area contributed by atoms with Crippen LogP contribution in [0.3, 0.4) is 0 Å². The minimum absolute atomic E-state index is 0.0314. The molecule has 2 aliphatic rings. The van der Waals surface area contributed by atoms with Gasteiger partial charge in [-0.05, 0) is 20.3 Å². The molecular weight excluding hydrogens is 181 g/mol. The van der Waals surface area contributed by atoms with Crippen molar-refractivity contribution in [3.63, 3.8) is 0 Å². The second-order valence-corrected chi connectivity index (χ2v) is 4.96. The summed E-state index contributed by atoms with van der Waals surface area (Å²) in [4.78, 5) is 2.25. The lowest BCUT2D eigenvalue weighted by atomic mass is 9.78. The maximum absolute atomic E-state index is 13.5. The Labute approximate surface area is 85.4 Å². The van der Waals surface area contributed by atoms with Gasteiger partial charge in [0.05, 0.1) is 18.2 Å². The van der Waals surface area contributed by atoms with Gasteiger partial charge in [-0.3, -0.25) is 4.90 Å². The van der Waals surface area contributed by atoms with Gasteiger partial charge in [0.25, 0.3) is 0 Å². The molecule has 0 aliphatic carbocycles. The van der Waals surface area contributed by atoms with Crippen molar-refractivity contribution in [3.8, 4) is 0 Å². The largest absolute Gasteiger partial charge is 0.377 e. The third-order valence-corrected chi connectivity index (χ3v) is 3.90. The van der Waals surface area contributed by atoms with Gasteiger partial charge in [0.1, 0.15) is 6.17 Å². The summed E-state index contributed by atoms with van der Waals surface area (Å²) in [6.45, 7) is 8.45. The summed E-state index contributed by atoms with van der Waals surface area (Å²) in [7, 11) is 0. The summed E-state index contributed by atoms with van der Waals surface area (Å²) in [5, 5.41) is 0. The number of hydrogen-bond acceptors (Lipinski definition) is 2. The Bertz CT molecular complexity index is 221. The molecule has 2 nitrogen and oxygen atoms in total. The van der Waals surface area contributed by atoms with Crippen LogP contribution in [0.4, 0.5) is 4.39 Å². The summed E-state index contributed by atoms with van der Waals surface area (Å²) in [6.07, 6.45) is 0.687. The number of halogens is 1. The molecule has 2 fully saturated rings. The molecule has 2 saturated heterocycles. The van der Waals surface area contributed by atoms with Gasteiger partial charge < -0.3 is 4.74 Å². The van der Waals surface area contributed by atoms with Crippen molar-refractivity contribution in [2.24, 2.45) is 5.92 Å². The zero-order valence-electron chi connectivity index (χ0n) is 9.29. The van der Waals surface area contributed by atoms with Gasteiger partial charge in [0.2, 0.25) is 0 Å². The van der Waals surface area contributed by atoms with Crippen LogP contribution in [0.25, 0.3) is 0 Å². The zero-order valence-corrected chi connectivity index (χ0v) is 9.29. The highest BCUT2D eigenvalue weighted by Gasteiger charge is 2.57. The number of rotatable bonds is 3. The van der Waals surface area contributed by atoms with Crippen molar-refractivity contribution in [3.05, 3.63) is 0 Å². The summed E-state index contributed by atoms with van der Waals surface area (Å²) in [5.74, 6) is 0.134. The van der Waals surface area contributed by atoms with Crippen LogP contribution in [0.15, 0.2) is 0 Å². The van der Waals surface area contributed by atoms with E-state index in [1.165, 1.54) is 0 Å². The van der Waals surface area contributed by atoms with Crippen molar-refractivity contribution >= 4 is 0 Å². The molecule has 0 saturated carbocycles. The van der Waals surface area contributed by atoms with Gasteiger partial charge in [-0.1, -0.05) is 6.92 Å². The Kier molecular flexibility index (Phi) is 2.56. The van der Waals surface area contributed by atoms with E-state index in [4.69, 9.17) is 4.74 Å². The maximum Gasteiger partial charge on any atom is 0.117 e. The summed E-state index contributed by atoms with van der Waals surface area (Å²) >= 11 is 0. The molecule has 0 spiro atoms. The van der Waals surface area contributed by atoms with Crippen LogP contribution in [-0.2, 0) is 4.74 Å². The molecule has 3 atom stereocenters. The Morgan fingerprint density at radius 2 is 2.29 bits per heavy atom. The molecule has 0 aromatic rings. The fraction of sp³-hybridized carbons (Fsp3) is 1.00. The third-order valence-electron chi connectivity index (χ3n) is 3.90. The molecule has 82 valence electrons. The number of nitrogens with zero attached hydrogens (tertiary/aromatic N) is 1. The standard InChI is InChI=1S/C11H20FNO/c1-8(2)14-7-11-4-5-13(11)6-10(12)9(11)3/h8-10H,4-7H2,1-3H3/t9-,10+,11-/m0/s1. The van der Waals surface area contributed by atoms with Crippen LogP contribution >= 0.6 is 0 Å². The Balaban J connectivity index is 2.00. The number of hydrogen-bond donors (Lipinski definition) is 0. The first-order valence-corrected chi connectivity index (χ1v) is 5.57. The van der Waals surface area contributed by atoms with Crippen molar-refractivity contribution < 1.29 is 9.13 Å². The molecule has 0 unspecified atom stereocenters. The van der Waals surface area contributed by atoms with Crippen LogP contribution in [0.1, 0.15) is 27.2 Å². The van der Waals surface area contributed by atoms with Crippen molar-refractivity contribution in [2.45, 2.75) is 45.0 Å². The van der Waals surface area contributed by atoms with E-state index in [2.05, 4.69) is 4.90 Å². The minimum Gasteiger partial charge on any atom is -0.377 e. The van der Waals surface area contributed by atoms with Crippen LogP contribution < -0.4 is 0 Å². The lowest BCUT2D eigenvalue weighted by Gasteiger charge is -2.50. The molecule has 0 amide bonds. The van der Waals surface area contributed by atoms with E-state index in [0.717, 1.165) is 13.0 Å². The number of alkyl halides is 1. The van der Waals surface area contributed by atoms with Crippen LogP contribution in [0.2, 0.25) is 0 Å². The van der Waals surface area contributed by atoms with Gasteiger partial charge in [0.15, 0.2) is 0 Å². The monoisotopic (exact) mass is 201 g/mol. The SMILES string of the molecule is CC(C)OC[C@]12CCN1C[C@@H](F)[C@@H]2C. The average Bonchev–Trinajstić information content (AvgIpc) is 2.25. The van der Waals surface area contributed by atoms with Gasteiger partial charge in [-0.15, -0.1) is 0 Å². The Hall–Kier alpha value is -0.150. The van der Waals surface area contributed by atoms with E-state index in [-0.39, 0.29) is 17.6 Å². The maximum atomic E-state index is 13.5. The van der Waals surface area contributed by atoms with Gasteiger partial charge >= 0.3 is 0 Å². The van der Waals surface area contributed by atoms with E-state index in [1.807, 2.05) is 20.8 Å².